The predicted molar refractivity (Wildman–Crippen MR) is 85.1 cm³/mol. The summed E-state index contributed by atoms with van der Waals surface area (Å²) in [5.74, 6) is 0.321. The molecule has 2 rings (SSSR count). The van der Waals surface area contributed by atoms with Gasteiger partial charge in [-0.1, -0.05) is 53.5 Å². The first kappa shape index (κ1) is 16.4. The molecular formula is C14H11Cl3O3S. The van der Waals surface area contributed by atoms with E-state index < -0.39 is 9.05 Å². The van der Waals surface area contributed by atoms with E-state index in [-0.39, 0.29) is 14.9 Å². The number of hydrogen-bond acceptors (Lipinski definition) is 3. The Morgan fingerprint density at radius 1 is 1.00 bits per heavy atom. The van der Waals surface area contributed by atoms with E-state index in [1.807, 2.05) is 30.3 Å². The molecule has 21 heavy (non-hydrogen) atoms. The highest BCUT2D eigenvalue weighted by Gasteiger charge is 2.18. The molecule has 0 N–H and O–H groups in total. The molecule has 0 amide bonds. The van der Waals surface area contributed by atoms with Crippen molar-refractivity contribution < 1.29 is 13.2 Å². The third-order valence-corrected chi connectivity index (χ3v) is 4.82. The van der Waals surface area contributed by atoms with Crippen molar-refractivity contribution in [3.8, 4) is 5.75 Å². The fourth-order valence-corrected chi connectivity index (χ4v) is 3.52. The lowest BCUT2D eigenvalue weighted by molar-refractivity contribution is 0.322. The van der Waals surface area contributed by atoms with Gasteiger partial charge in [0.15, 0.2) is 0 Å². The molecule has 0 saturated heterocycles. The molecule has 0 aromatic heterocycles. The van der Waals surface area contributed by atoms with Crippen molar-refractivity contribution in [2.24, 2.45) is 0 Å². The summed E-state index contributed by atoms with van der Waals surface area (Å²) in [5.41, 5.74) is 1.12. The molecule has 0 aliphatic carbocycles. The van der Waals surface area contributed by atoms with Crippen molar-refractivity contribution in [1.82, 2.24) is 0 Å². The lowest BCUT2D eigenvalue weighted by Crippen LogP contribution is -2.02. The van der Waals surface area contributed by atoms with Gasteiger partial charge in [0, 0.05) is 23.2 Å². The molecule has 2 aromatic rings. The molecule has 0 radical (unpaired) electrons. The van der Waals surface area contributed by atoms with Gasteiger partial charge in [-0.3, -0.25) is 0 Å². The number of hydrogen-bond donors (Lipinski definition) is 0. The van der Waals surface area contributed by atoms with Crippen LogP contribution < -0.4 is 4.74 Å². The average Bonchev–Trinajstić information content (AvgIpc) is 2.42. The molecule has 7 heteroatoms. The molecule has 2 aromatic carbocycles. The molecule has 0 bridgehead atoms. The van der Waals surface area contributed by atoms with E-state index in [0.717, 1.165) is 5.56 Å². The Hall–Kier alpha value is -0.940. The van der Waals surface area contributed by atoms with Crippen LogP contribution in [0.25, 0.3) is 0 Å². The zero-order chi connectivity index (χ0) is 15.5. The van der Waals surface area contributed by atoms with Gasteiger partial charge in [-0.2, -0.15) is 0 Å². The van der Waals surface area contributed by atoms with Gasteiger partial charge in [0.1, 0.15) is 10.6 Å². The molecule has 0 heterocycles. The molecule has 3 nitrogen and oxygen atoms in total. The maximum Gasteiger partial charge on any atom is 0.262 e. The van der Waals surface area contributed by atoms with Crippen LogP contribution in [0, 0.1) is 0 Å². The van der Waals surface area contributed by atoms with E-state index in [1.54, 1.807) is 0 Å². The van der Waals surface area contributed by atoms with Gasteiger partial charge in [-0.15, -0.1) is 0 Å². The highest BCUT2D eigenvalue weighted by atomic mass is 35.7. The minimum Gasteiger partial charge on any atom is -0.492 e. The molecule has 0 fully saturated rings. The summed E-state index contributed by atoms with van der Waals surface area (Å²) in [6.07, 6.45) is 0.699. The van der Waals surface area contributed by atoms with E-state index in [4.69, 9.17) is 38.6 Å². The summed E-state index contributed by atoms with van der Waals surface area (Å²) >= 11 is 11.9. The second kappa shape index (κ2) is 6.88. The Kier molecular flexibility index (Phi) is 5.38. The Morgan fingerprint density at radius 3 is 2.29 bits per heavy atom. The number of halogens is 3. The van der Waals surface area contributed by atoms with Crippen LogP contribution in [-0.2, 0) is 15.5 Å². The normalized spacial score (nSPS) is 11.4. The summed E-state index contributed by atoms with van der Waals surface area (Å²) < 4.78 is 28.1. The van der Waals surface area contributed by atoms with Gasteiger partial charge >= 0.3 is 0 Å². The average molecular weight is 366 g/mol. The van der Waals surface area contributed by atoms with Gasteiger partial charge in [0.05, 0.1) is 16.7 Å². The van der Waals surface area contributed by atoms with Crippen LogP contribution in [0.3, 0.4) is 0 Å². The van der Waals surface area contributed by atoms with E-state index in [2.05, 4.69) is 0 Å². The SMILES string of the molecule is O=S(=O)(Cl)c1cc(Cl)c(OCCc2ccccc2)cc1Cl. The fourth-order valence-electron chi connectivity index (χ4n) is 1.73. The number of rotatable bonds is 5. The predicted octanol–water partition coefficient (Wildman–Crippen LogP) is 4.54. The first-order valence-electron chi connectivity index (χ1n) is 5.98. The summed E-state index contributed by atoms with van der Waals surface area (Å²) in [5, 5.41) is 0.121. The lowest BCUT2D eigenvalue weighted by Gasteiger charge is -2.10. The summed E-state index contributed by atoms with van der Waals surface area (Å²) in [6.45, 7) is 0.396. The van der Waals surface area contributed by atoms with E-state index >= 15 is 0 Å². The van der Waals surface area contributed by atoms with Gasteiger partial charge in [-0.05, 0) is 11.6 Å². The Labute approximate surface area is 137 Å². The van der Waals surface area contributed by atoms with E-state index in [9.17, 15) is 8.42 Å². The summed E-state index contributed by atoms with van der Waals surface area (Å²) in [6, 6.07) is 12.3. The van der Waals surface area contributed by atoms with Crippen LogP contribution in [0.5, 0.6) is 5.75 Å². The Bertz CT molecular complexity index is 731. The lowest BCUT2D eigenvalue weighted by atomic mass is 10.2. The zero-order valence-electron chi connectivity index (χ0n) is 10.7. The van der Waals surface area contributed by atoms with Crippen molar-refractivity contribution in [3.05, 3.63) is 58.1 Å². The molecular weight excluding hydrogens is 355 g/mol. The molecule has 0 saturated carbocycles. The standard InChI is InChI=1S/C14H11Cl3O3S/c15-11-9-14(21(17,18)19)12(16)8-13(11)20-7-6-10-4-2-1-3-5-10/h1-5,8-9H,6-7H2. The van der Waals surface area contributed by atoms with Gasteiger partial charge in [0.25, 0.3) is 9.05 Å². The first-order valence-corrected chi connectivity index (χ1v) is 9.05. The monoisotopic (exact) mass is 364 g/mol. The van der Waals surface area contributed by atoms with Crippen LogP contribution in [0.4, 0.5) is 0 Å². The Balaban J connectivity index is 2.09. The molecule has 0 aliphatic heterocycles. The van der Waals surface area contributed by atoms with Gasteiger partial charge in [-0.25, -0.2) is 8.42 Å². The van der Waals surface area contributed by atoms with Crippen LogP contribution in [0.1, 0.15) is 5.56 Å². The maximum absolute atomic E-state index is 11.3. The topological polar surface area (TPSA) is 43.4 Å². The van der Waals surface area contributed by atoms with Crippen LogP contribution in [0.15, 0.2) is 47.4 Å². The van der Waals surface area contributed by atoms with Crippen LogP contribution in [-0.4, -0.2) is 15.0 Å². The molecule has 0 unspecified atom stereocenters. The third-order valence-electron chi connectivity index (χ3n) is 2.74. The molecule has 0 spiro atoms. The molecule has 0 atom stereocenters. The van der Waals surface area contributed by atoms with E-state index in [0.29, 0.717) is 18.8 Å². The molecule has 0 aliphatic rings. The highest BCUT2D eigenvalue weighted by Crippen LogP contribution is 2.35. The van der Waals surface area contributed by atoms with Crippen molar-refractivity contribution >= 4 is 42.9 Å². The quantitative estimate of drug-likeness (QED) is 0.730. The number of ether oxygens (including phenoxy) is 1. The van der Waals surface area contributed by atoms with Gasteiger partial charge in [0.2, 0.25) is 0 Å². The van der Waals surface area contributed by atoms with Crippen molar-refractivity contribution in [2.45, 2.75) is 11.3 Å². The second-order valence-electron chi connectivity index (χ2n) is 4.23. The van der Waals surface area contributed by atoms with Crippen LogP contribution in [0.2, 0.25) is 10.0 Å². The summed E-state index contributed by atoms with van der Waals surface area (Å²) in [4.78, 5) is -0.230. The van der Waals surface area contributed by atoms with Crippen molar-refractivity contribution in [2.75, 3.05) is 6.61 Å². The zero-order valence-corrected chi connectivity index (χ0v) is 13.8. The van der Waals surface area contributed by atoms with Gasteiger partial charge < -0.3 is 4.74 Å². The van der Waals surface area contributed by atoms with Crippen molar-refractivity contribution in [1.29, 1.82) is 0 Å². The fraction of sp³-hybridized carbons (Fsp3) is 0.143. The minimum absolute atomic E-state index is 0.0240. The maximum atomic E-state index is 11.3. The Morgan fingerprint density at radius 2 is 1.67 bits per heavy atom. The minimum atomic E-state index is -3.94. The van der Waals surface area contributed by atoms with Crippen molar-refractivity contribution in [3.63, 3.8) is 0 Å². The molecule has 112 valence electrons. The number of benzene rings is 2. The first-order chi connectivity index (χ1) is 9.88. The smallest absolute Gasteiger partial charge is 0.262 e. The highest BCUT2D eigenvalue weighted by molar-refractivity contribution is 8.13. The second-order valence-corrected chi connectivity index (χ2v) is 7.58. The third kappa shape index (κ3) is 4.51. The van der Waals surface area contributed by atoms with E-state index in [1.165, 1.54) is 12.1 Å². The van der Waals surface area contributed by atoms with Crippen LogP contribution >= 0.6 is 33.9 Å². The largest absolute Gasteiger partial charge is 0.492 e. The summed E-state index contributed by atoms with van der Waals surface area (Å²) in [7, 11) is 1.32.